The molecule has 0 amide bonds. The molecule has 7 nitrogen and oxygen atoms in total. The number of hydrogen-bond acceptors (Lipinski definition) is 6. The van der Waals surface area contributed by atoms with Gasteiger partial charge in [0.05, 0.1) is 18.1 Å². The van der Waals surface area contributed by atoms with Crippen LogP contribution >= 0.6 is 0 Å². The molecule has 2 aromatic heterocycles. The van der Waals surface area contributed by atoms with Gasteiger partial charge in [-0.25, -0.2) is 0 Å². The Balaban J connectivity index is 1.19. The van der Waals surface area contributed by atoms with Gasteiger partial charge in [0.1, 0.15) is 24.7 Å². The van der Waals surface area contributed by atoms with Crippen molar-refractivity contribution in [3.63, 3.8) is 0 Å². The minimum absolute atomic E-state index is 0.373. The smallest absolute Gasteiger partial charge is 0.174 e. The van der Waals surface area contributed by atoms with E-state index < -0.39 is 0 Å². The van der Waals surface area contributed by atoms with Crippen LogP contribution in [0.3, 0.4) is 0 Å². The Labute approximate surface area is 145 Å². The molecule has 0 aliphatic heterocycles. The SMILES string of the molecule is c1cnn(OCCOc2ccc(OCc3cc(C4CC4)no3)cc2)c1. The van der Waals surface area contributed by atoms with Crippen molar-refractivity contribution in [1.82, 2.24) is 15.1 Å². The Bertz CT molecular complexity index is 779. The molecule has 2 heterocycles. The first-order chi connectivity index (χ1) is 12.4. The van der Waals surface area contributed by atoms with Crippen molar-refractivity contribution in [1.29, 1.82) is 0 Å². The molecular weight excluding hydrogens is 322 g/mol. The lowest BCUT2D eigenvalue weighted by Gasteiger charge is -2.08. The molecule has 0 N–H and O–H groups in total. The third-order valence-electron chi connectivity index (χ3n) is 3.83. The molecule has 1 aromatic carbocycles. The zero-order valence-electron chi connectivity index (χ0n) is 13.7. The van der Waals surface area contributed by atoms with Crippen LogP contribution in [0.1, 0.15) is 30.2 Å². The molecule has 3 aromatic rings. The molecule has 0 atom stereocenters. The van der Waals surface area contributed by atoms with Gasteiger partial charge in [-0.2, -0.15) is 0 Å². The molecule has 130 valence electrons. The second-order valence-electron chi connectivity index (χ2n) is 5.84. The fraction of sp³-hybridized carbons (Fsp3) is 0.333. The van der Waals surface area contributed by atoms with Gasteiger partial charge in [-0.3, -0.25) is 0 Å². The summed E-state index contributed by atoms with van der Waals surface area (Å²) in [5.74, 6) is 2.85. The average molecular weight is 341 g/mol. The lowest BCUT2D eigenvalue weighted by atomic mass is 10.3. The van der Waals surface area contributed by atoms with Crippen LogP contribution in [0.4, 0.5) is 0 Å². The average Bonchev–Trinajstić information content (AvgIpc) is 3.17. The van der Waals surface area contributed by atoms with Gasteiger partial charge in [-0.1, -0.05) is 5.16 Å². The molecule has 0 bridgehead atoms. The second kappa shape index (κ2) is 7.29. The van der Waals surface area contributed by atoms with Gasteiger partial charge < -0.3 is 18.8 Å². The van der Waals surface area contributed by atoms with E-state index in [0.717, 1.165) is 23.0 Å². The second-order valence-corrected chi connectivity index (χ2v) is 5.84. The summed E-state index contributed by atoms with van der Waals surface area (Å²) < 4.78 is 16.6. The molecule has 0 radical (unpaired) electrons. The van der Waals surface area contributed by atoms with E-state index in [2.05, 4.69) is 10.3 Å². The summed E-state index contributed by atoms with van der Waals surface area (Å²) in [6.45, 7) is 1.22. The highest BCUT2D eigenvalue weighted by atomic mass is 16.7. The Morgan fingerprint density at radius 1 is 1.08 bits per heavy atom. The Kier molecular flexibility index (Phi) is 4.54. The first-order valence-corrected chi connectivity index (χ1v) is 8.31. The van der Waals surface area contributed by atoms with Crippen LogP contribution in [-0.2, 0) is 6.61 Å². The lowest BCUT2D eigenvalue weighted by Crippen LogP contribution is -2.18. The monoisotopic (exact) mass is 341 g/mol. The normalized spacial score (nSPS) is 13.6. The molecule has 0 unspecified atom stereocenters. The van der Waals surface area contributed by atoms with Gasteiger partial charge in [0.2, 0.25) is 0 Å². The fourth-order valence-corrected chi connectivity index (χ4v) is 2.38. The molecule has 7 heteroatoms. The molecule has 1 saturated carbocycles. The largest absolute Gasteiger partial charge is 0.490 e. The summed E-state index contributed by atoms with van der Waals surface area (Å²) in [6.07, 6.45) is 5.81. The zero-order valence-corrected chi connectivity index (χ0v) is 13.7. The van der Waals surface area contributed by atoms with Crippen molar-refractivity contribution < 1.29 is 18.8 Å². The van der Waals surface area contributed by atoms with E-state index in [0.29, 0.717) is 25.7 Å². The molecule has 4 rings (SSSR count). The van der Waals surface area contributed by atoms with Crippen molar-refractivity contribution in [3.05, 3.63) is 60.2 Å². The summed E-state index contributed by atoms with van der Waals surface area (Å²) in [6, 6.07) is 11.2. The predicted octanol–water partition coefficient (Wildman–Crippen LogP) is 2.84. The van der Waals surface area contributed by atoms with E-state index in [4.69, 9.17) is 18.8 Å². The van der Waals surface area contributed by atoms with Crippen LogP contribution in [0.15, 0.2) is 53.3 Å². The van der Waals surface area contributed by atoms with Crippen molar-refractivity contribution >= 4 is 0 Å². The van der Waals surface area contributed by atoms with Crippen molar-refractivity contribution in [2.75, 3.05) is 13.2 Å². The summed E-state index contributed by atoms with van der Waals surface area (Å²) in [4.78, 5) is 6.74. The van der Waals surface area contributed by atoms with Crippen LogP contribution in [0.25, 0.3) is 0 Å². The van der Waals surface area contributed by atoms with Crippen LogP contribution in [0.2, 0.25) is 0 Å². The maximum Gasteiger partial charge on any atom is 0.174 e. The molecule has 1 aliphatic rings. The Morgan fingerprint density at radius 3 is 2.60 bits per heavy atom. The molecule has 25 heavy (non-hydrogen) atoms. The molecular formula is C18H19N3O4. The quantitative estimate of drug-likeness (QED) is 0.557. The maximum atomic E-state index is 5.71. The highest BCUT2D eigenvalue weighted by Gasteiger charge is 2.27. The van der Waals surface area contributed by atoms with Crippen molar-refractivity contribution in [2.45, 2.75) is 25.4 Å². The standard InChI is InChI=1S/C18H19N3O4/c1-8-19-21(9-1)24-11-10-22-15-4-6-16(7-5-15)23-13-17-12-18(20-25-17)14-2-3-14/h1,4-9,12,14H,2-3,10-11,13H2. The van der Waals surface area contributed by atoms with Gasteiger partial charge in [0, 0.05) is 12.0 Å². The third kappa shape index (κ3) is 4.32. The van der Waals surface area contributed by atoms with E-state index >= 15 is 0 Å². The number of nitrogens with zero attached hydrogens (tertiary/aromatic N) is 3. The van der Waals surface area contributed by atoms with E-state index in [1.165, 1.54) is 17.7 Å². The fourth-order valence-electron chi connectivity index (χ4n) is 2.38. The van der Waals surface area contributed by atoms with Crippen LogP contribution in [0.5, 0.6) is 11.5 Å². The highest BCUT2D eigenvalue weighted by Crippen LogP contribution is 2.39. The number of ether oxygens (including phenoxy) is 2. The first-order valence-electron chi connectivity index (χ1n) is 8.31. The van der Waals surface area contributed by atoms with Gasteiger partial charge >= 0.3 is 0 Å². The van der Waals surface area contributed by atoms with E-state index in [-0.39, 0.29) is 0 Å². The van der Waals surface area contributed by atoms with Crippen LogP contribution in [0, 0.1) is 0 Å². The van der Waals surface area contributed by atoms with Crippen LogP contribution in [-0.4, -0.2) is 28.3 Å². The minimum atomic E-state index is 0.373. The topological polar surface area (TPSA) is 71.5 Å². The van der Waals surface area contributed by atoms with E-state index in [9.17, 15) is 0 Å². The van der Waals surface area contributed by atoms with Gasteiger partial charge in [-0.05, 0) is 43.2 Å². The Hall–Kier alpha value is -2.96. The minimum Gasteiger partial charge on any atom is -0.490 e. The predicted molar refractivity (Wildman–Crippen MR) is 88.4 cm³/mol. The number of hydrogen-bond donors (Lipinski definition) is 0. The third-order valence-corrected chi connectivity index (χ3v) is 3.83. The zero-order chi connectivity index (χ0) is 16.9. The van der Waals surface area contributed by atoms with Crippen LogP contribution < -0.4 is 14.3 Å². The van der Waals surface area contributed by atoms with Gasteiger partial charge in [-0.15, -0.1) is 9.94 Å². The Morgan fingerprint density at radius 2 is 1.88 bits per heavy atom. The summed E-state index contributed by atoms with van der Waals surface area (Å²) in [5.41, 5.74) is 1.04. The highest BCUT2D eigenvalue weighted by molar-refractivity contribution is 5.31. The molecule has 0 saturated heterocycles. The van der Waals surface area contributed by atoms with Gasteiger partial charge in [0.25, 0.3) is 0 Å². The molecule has 1 aliphatic carbocycles. The van der Waals surface area contributed by atoms with E-state index in [1.807, 2.05) is 30.3 Å². The summed E-state index contributed by atoms with van der Waals surface area (Å²) in [7, 11) is 0. The summed E-state index contributed by atoms with van der Waals surface area (Å²) in [5, 5.41) is 8.01. The van der Waals surface area contributed by atoms with E-state index in [1.54, 1.807) is 18.5 Å². The first kappa shape index (κ1) is 15.6. The number of aromatic nitrogens is 3. The lowest BCUT2D eigenvalue weighted by molar-refractivity contribution is 0.0596. The number of benzene rings is 1. The maximum absolute atomic E-state index is 5.71. The molecule has 0 spiro atoms. The molecule has 1 fully saturated rings. The van der Waals surface area contributed by atoms with Crippen molar-refractivity contribution in [3.8, 4) is 11.5 Å². The van der Waals surface area contributed by atoms with Crippen molar-refractivity contribution in [2.24, 2.45) is 0 Å². The van der Waals surface area contributed by atoms with Gasteiger partial charge in [0.15, 0.2) is 12.4 Å². The summed E-state index contributed by atoms with van der Waals surface area (Å²) >= 11 is 0. The number of rotatable bonds is 9.